The van der Waals surface area contributed by atoms with Crippen LogP contribution in [0.25, 0.3) is 0 Å². The van der Waals surface area contributed by atoms with Crippen molar-refractivity contribution in [3.8, 4) is 11.5 Å². The van der Waals surface area contributed by atoms with Crippen LogP contribution in [0.5, 0.6) is 11.5 Å². The number of aryl methyl sites for hydroxylation is 1. The van der Waals surface area contributed by atoms with E-state index in [0.717, 1.165) is 49.7 Å². The highest BCUT2D eigenvalue weighted by Crippen LogP contribution is 2.53. The maximum absolute atomic E-state index is 13.5. The lowest BCUT2D eigenvalue weighted by molar-refractivity contribution is -0.142. The van der Waals surface area contributed by atoms with Crippen molar-refractivity contribution in [2.24, 2.45) is 5.92 Å². The van der Waals surface area contributed by atoms with Crippen molar-refractivity contribution < 1.29 is 28.3 Å². The summed E-state index contributed by atoms with van der Waals surface area (Å²) in [5.74, 6) is 0.000546. The Hall–Kier alpha value is -2.04. The minimum atomic E-state index is -3.66. The molecule has 1 aliphatic carbocycles. The van der Waals surface area contributed by atoms with Gasteiger partial charge in [0.25, 0.3) is 0 Å². The van der Waals surface area contributed by atoms with Gasteiger partial charge in [-0.3, -0.25) is 4.79 Å². The van der Waals surface area contributed by atoms with Gasteiger partial charge in [0.05, 0.1) is 19.2 Å². The smallest absolute Gasteiger partial charge is 0.379 e. The zero-order valence-corrected chi connectivity index (χ0v) is 22.3. The molecule has 7 heteroatoms. The molecule has 0 aliphatic heterocycles. The normalized spacial score (nSPS) is 19.7. The number of hydrogen-bond donors (Lipinski definition) is 1. The predicted molar refractivity (Wildman–Crippen MR) is 137 cm³/mol. The average molecular weight is 493 g/mol. The first-order chi connectivity index (χ1) is 16.1. The third-order valence-electron chi connectivity index (χ3n) is 6.37. The van der Waals surface area contributed by atoms with Crippen LogP contribution in [0.2, 0.25) is 0 Å². The van der Waals surface area contributed by atoms with E-state index in [-0.39, 0.29) is 36.8 Å². The SMILES string of the molecule is C=C(C)C1CCC(C)=CC1c1c(O)cc(CCCCC)cc1OP(=O)(CCC(=O)OCC)OC. The molecule has 0 fully saturated rings. The van der Waals surface area contributed by atoms with E-state index in [2.05, 4.69) is 26.5 Å². The van der Waals surface area contributed by atoms with Crippen molar-refractivity contribution in [1.82, 2.24) is 0 Å². The van der Waals surface area contributed by atoms with Gasteiger partial charge in [-0.2, -0.15) is 0 Å². The van der Waals surface area contributed by atoms with Gasteiger partial charge in [0.15, 0.2) is 0 Å². The lowest BCUT2D eigenvalue weighted by atomic mass is 9.73. The minimum absolute atomic E-state index is 0.0761. The van der Waals surface area contributed by atoms with E-state index < -0.39 is 13.6 Å². The number of phenols is 1. The second-order valence-corrected chi connectivity index (χ2v) is 11.4. The number of benzene rings is 1. The Bertz CT molecular complexity index is 935. The summed E-state index contributed by atoms with van der Waals surface area (Å²) < 4.78 is 29.8. The molecule has 2 rings (SSSR count). The maximum Gasteiger partial charge on any atom is 0.379 e. The van der Waals surface area contributed by atoms with Gasteiger partial charge in [-0.05, 0) is 70.1 Å². The van der Waals surface area contributed by atoms with E-state index in [0.29, 0.717) is 11.3 Å². The van der Waals surface area contributed by atoms with Gasteiger partial charge in [0.2, 0.25) is 0 Å². The van der Waals surface area contributed by atoms with Gasteiger partial charge in [-0.25, -0.2) is 4.57 Å². The number of unbranched alkanes of at least 4 members (excludes halogenated alkanes) is 2. The minimum Gasteiger partial charge on any atom is -0.507 e. The topological polar surface area (TPSA) is 82.1 Å². The monoisotopic (exact) mass is 492 g/mol. The number of rotatable bonds is 13. The van der Waals surface area contributed by atoms with Gasteiger partial charge >= 0.3 is 13.6 Å². The van der Waals surface area contributed by atoms with E-state index in [1.807, 2.05) is 13.0 Å². The molecule has 0 bridgehead atoms. The number of aromatic hydroxyl groups is 1. The highest BCUT2D eigenvalue weighted by Gasteiger charge is 2.34. The van der Waals surface area contributed by atoms with E-state index in [9.17, 15) is 14.5 Å². The lowest BCUT2D eigenvalue weighted by Gasteiger charge is -2.32. The number of ether oxygens (including phenoxy) is 1. The van der Waals surface area contributed by atoms with Crippen LogP contribution in [0.4, 0.5) is 0 Å². The standard InChI is InChI=1S/C27H41O6P/c1-7-9-10-11-21-17-24(28)27(23-16-20(5)12-13-22(23)19(3)4)25(18-21)33-34(30,31-6)15-14-26(29)32-8-2/h16-18,22-23,28H,3,7-15H2,1-2,4-6H3. The van der Waals surface area contributed by atoms with Crippen LogP contribution >= 0.6 is 7.60 Å². The van der Waals surface area contributed by atoms with Crippen molar-refractivity contribution in [3.05, 3.63) is 47.1 Å². The zero-order valence-electron chi connectivity index (χ0n) is 21.4. The molecule has 1 aliphatic rings. The van der Waals surface area contributed by atoms with Crippen LogP contribution in [0.3, 0.4) is 0 Å². The van der Waals surface area contributed by atoms with Gasteiger partial charge < -0.3 is 18.9 Å². The molecule has 1 N–H and O–H groups in total. The first kappa shape index (κ1) is 28.2. The molecule has 1 aromatic rings. The van der Waals surface area contributed by atoms with Crippen molar-refractivity contribution in [1.29, 1.82) is 0 Å². The largest absolute Gasteiger partial charge is 0.507 e. The van der Waals surface area contributed by atoms with Gasteiger partial charge in [0, 0.05) is 18.6 Å². The number of esters is 1. The predicted octanol–water partition coefficient (Wildman–Crippen LogP) is 7.31. The molecule has 0 radical (unpaired) electrons. The first-order valence-electron chi connectivity index (χ1n) is 12.3. The Morgan fingerprint density at radius 1 is 1.26 bits per heavy atom. The molecule has 3 atom stereocenters. The van der Waals surface area contributed by atoms with Crippen LogP contribution in [0.15, 0.2) is 35.9 Å². The first-order valence-corrected chi connectivity index (χ1v) is 14.0. The van der Waals surface area contributed by atoms with Crippen LogP contribution in [0.1, 0.15) is 83.3 Å². The second kappa shape index (κ2) is 13.2. The van der Waals surface area contributed by atoms with E-state index in [1.54, 1.807) is 13.0 Å². The summed E-state index contributed by atoms with van der Waals surface area (Å²) in [7, 11) is -2.35. The lowest BCUT2D eigenvalue weighted by Crippen LogP contribution is -2.18. The van der Waals surface area contributed by atoms with Crippen LogP contribution in [-0.4, -0.2) is 31.0 Å². The molecular weight excluding hydrogens is 451 g/mol. The molecule has 1 aromatic carbocycles. The molecular formula is C27H41O6P. The van der Waals surface area contributed by atoms with Crippen LogP contribution < -0.4 is 4.52 Å². The molecule has 6 nitrogen and oxygen atoms in total. The van der Waals surface area contributed by atoms with Gasteiger partial charge in [-0.15, -0.1) is 0 Å². The van der Waals surface area contributed by atoms with Crippen molar-refractivity contribution in [3.63, 3.8) is 0 Å². The van der Waals surface area contributed by atoms with E-state index in [4.69, 9.17) is 13.8 Å². The molecule has 190 valence electrons. The fourth-order valence-corrected chi connectivity index (χ4v) is 5.75. The summed E-state index contributed by atoms with van der Waals surface area (Å²) in [6, 6.07) is 3.66. The molecule has 0 heterocycles. The Balaban J connectivity index is 2.50. The molecule has 0 spiro atoms. The van der Waals surface area contributed by atoms with Crippen LogP contribution in [-0.2, 0) is 25.0 Å². The summed E-state index contributed by atoms with van der Waals surface area (Å²) in [4.78, 5) is 11.9. The zero-order chi connectivity index (χ0) is 25.3. The molecule has 0 saturated heterocycles. The Labute approximate surface area is 204 Å². The average Bonchev–Trinajstić information content (AvgIpc) is 2.78. The third kappa shape index (κ3) is 7.74. The third-order valence-corrected chi connectivity index (χ3v) is 8.18. The number of carbonyl (C=O) groups is 1. The fourth-order valence-electron chi connectivity index (χ4n) is 4.49. The van der Waals surface area contributed by atoms with Crippen molar-refractivity contribution in [2.45, 2.75) is 78.6 Å². The summed E-state index contributed by atoms with van der Waals surface area (Å²) in [5, 5.41) is 11.2. The summed E-state index contributed by atoms with van der Waals surface area (Å²) in [5.41, 5.74) is 3.78. The van der Waals surface area contributed by atoms with Gasteiger partial charge in [-0.1, -0.05) is 43.6 Å². The van der Waals surface area contributed by atoms with Gasteiger partial charge in [0.1, 0.15) is 11.5 Å². The number of allylic oxidation sites excluding steroid dienone is 3. The highest BCUT2D eigenvalue weighted by atomic mass is 31.2. The molecule has 34 heavy (non-hydrogen) atoms. The van der Waals surface area contributed by atoms with Crippen molar-refractivity contribution >= 4 is 13.6 Å². The fraction of sp³-hybridized carbons (Fsp3) is 0.593. The number of phenolic OH excluding ortho intramolecular Hbond substituents is 1. The molecule has 0 aromatic heterocycles. The highest BCUT2D eigenvalue weighted by molar-refractivity contribution is 7.54. The van der Waals surface area contributed by atoms with Crippen molar-refractivity contribution in [2.75, 3.05) is 19.9 Å². The molecule has 3 unspecified atom stereocenters. The summed E-state index contributed by atoms with van der Waals surface area (Å²) in [6.07, 6.45) is 7.79. The quantitative estimate of drug-likeness (QED) is 0.135. The Morgan fingerprint density at radius 2 is 2.00 bits per heavy atom. The maximum atomic E-state index is 13.5. The van der Waals surface area contributed by atoms with Crippen LogP contribution in [0, 0.1) is 5.92 Å². The summed E-state index contributed by atoms with van der Waals surface area (Å²) in [6.45, 7) is 12.4. The Morgan fingerprint density at radius 3 is 2.62 bits per heavy atom. The molecule has 0 amide bonds. The molecule has 0 saturated carbocycles. The second-order valence-electron chi connectivity index (χ2n) is 9.18. The summed E-state index contributed by atoms with van der Waals surface area (Å²) >= 11 is 0. The number of carbonyl (C=O) groups excluding carboxylic acids is 1. The number of hydrogen-bond acceptors (Lipinski definition) is 6. The van der Waals surface area contributed by atoms with E-state index >= 15 is 0 Å². The van der Waals surface area contributed by atoms with E-state index in [1.165, 1.54) is 12.7 Å². The Kier molecular flexibility index (Phi) is 10.9.